The molecule has 8 rings (SSSR count). The number of nitrogens with one attached hydrogen (secondary N) is 2. The summed E-state index contributed by atoms with van der Waals surface area (Å²) >= 11 is 0. The van der Waals surface area contributed by atoms with Gasteiger partial charge in [0.25, 0.3) is 0 Å². The SMILES string of the molecule is CC[C@]12CNc3nnc(-c4ccccc4O)cc3N1C[C@H](Oc1ccc(CN3CCN(c4ccc(C5CCC(=O)NC5=O)cc4)CC3)cn1)C2. The number of aromatic nitrogens is 3. The van der Waals surface area contributed by atoms with Crippen LogP contribution in [0.25, 0.3) is 11.3 Å². The molecule has 12 heteroatoms. The van der Waals surface area contributed by atoms with Crippen LogP contribution in [0.4, 0.5) is 17.2 Å². The minimum absolute atomic E-state index is 0.0334. The number of ether oxygens (including phenoxy) is 1. The predicted octanol–water partition coefficient (Wildman–Crippen LogP) is 4.32. The number of nitrogens with zero attached hydrogens (tertiary/aromatic N) is 6. The number of aromatic hydroxyl groups is 1. The summed E-state index contributed by atoms with van der Waals surface area (Å²) in [6, 6.07) is 21.6. The molecule has 0 saturated carbocycles. The molecular weight excluding hydrogens is 632 g/mol. The lowest BCUT2D eigenvalue weighted by molar-refractivity contribution is -0.134. The summed E-state index contributed by atoms with van der Waals surface area (Å²) in [5.74, 6) is 0.923. The van der Waals surface area contributed by atoms with Crippen molar-refractivity contribution in [3.63, 3.8) is 0 Å². The molecule has 0 spiro atoms. The van der Waals surface area contributed by atoms with Crippen LogP contribution >= 0.6 is 0 Å². The molecule has 2 aromatic heterocycles. The molecule has 258 valence electrons. The number of piperazine rings is 1. The van der Waals surface area contributed by atoms with Gasteiger partial charge in [-0.2, -0.15) is 0 Å². The summed E-state index contributed by atoms with van der Waals surface area (Å²) in [6.45, 7) is 8.23. The Bertz CT molecular complexity index is 1880. The summed E-state index contributed by atoms with van der Waals surface area (Å²) in [6.07, 6.45) is 4.65. The average Bonchev–Trinajstić information content (AvgIpc) is 3.52. The largest absolute Gasteiger partial charge is 0.507 e. The van der Waals surface area contributed by atoms with Gasteiger partial charge in [-0.15, -0.1) is 10.2 Å². The molecule has 3 saturated heterocycles. The number of anilines is 3. The minimum Gasteiger partial charge on any atom is -0.507 e. The van der Waals surface area contributed by atoms with Crippen molar-refractivity contribution in [1.29, 1.82) is 0 Å². The Morgan fingerprint density at radius 3 is 2.56 bits per heavy atom. The quantitative estimate of drug-likeness (QED) is 0.231. The molecule has 3 N–H and O–H groups in total. The van der Waals surface area contributed by atoms with Gasteiger partial charge in [0.05, 0.1) is 29.4 Å². The summed E-state index contributed by atoms with van der Waals surface area (Å²) in [7, 11) is 0. The summed E-state index contributed by atoms with van der Waals surface area (Å²) < 4.78 is 6.49. The van der Waals surface area contributed by atoms with E-state index < -0.39 is 0 Å². The fourth-order valence-corrected chi connectivity index (χ4v) is 7.94. The number of amides is 2. The first-order chi connectivity index (χ1) is 24.4. The van der Waals surface area contributed by atoms with Crippen LogP contribution in [0.2, 0.25) is 0 Å². The van der Waals surface area contributed by atoms with Gasteiger partial charge in [-0.25, -0.2) is 4.98 Å². The number of carbonyl (C=O) groups is 2. The molecule has 0 bridgehead atoms. The molecule has 2 aromatic carbocycles. The van der Waals surface area contributed by atoms with E-state index in [4.69, 9.17) is 9.72 Å². The number of pyridine rings is 1. The number of fused-ring (bicyclic) bond motifs is 3. The second-order valence-electron chi connectivity index (χ2n) is 13.8. The van der Waals surface area contributed by atoms with Crippen molar-refractivity contribution in [3.05, 3.63) is 84.1 Å². The first-order valence-electron chi connectivity index (χ1n) is 17.6. The van der Waals surface area contributed by atoms with E-state index in [0.717, 1.165) is 80.4 Å². The van der Waals surface area contributed by atoms with Crippen molar-refractivity contribution in [2.45, 2.75) is 56.7 Å². The van der Waals surface area contributed by atoms with Gasteiger partial charge < -0.3 is 25.0 Å². The van der Waals surface area contributed by atoms with Crippen LogP contribution in [0.3, 0.4) is 0 Å². The Balaban J connectivity index is 0.860. The number of phenolic OH excluding ortho intramolecular Hbond substituents is 1. The molecule has 12 nitrogen and oxygen atoms in total. The lowest BCUT2D eigenvalue weighted by Crippen LogP contribution is -2.52. The third kappa shape index (κ3) is 6.19. The lowest BCUT2D eigenvalue weighted by atomic mass is 9.90. The first kappa shape index (κ1) is 32.0. The number of piperidine rings is 1. The minimum atomic E-state index is -0.257. The molecule has 3 fully saturated rings. The van der Waals surface area contributed by atoms with Gasteiger partial charge >= 0.3 is 0 Å². The van der Waals surface area contributed by atoms with Crippen molar-refractivity contribution >= 4 is 29.0 Å². The zero-order chi connectivity index (χ0) is 34.2. The van der Waals surface area contributed by atoms with Gasteiger partial charge in [0.2, 0.25) is 17.7 Å². The maximum absolute atomic E-state index is 12.3. The molecular formula is C38H42N8O4. The number of rotatable bonds is 8. The van der Waals surface area contributed by atoms with Crippen LogP contribution in [-0.2, 0) is 16.1 Å². The number of para-hydroxylation sites is 1. The average molecular weight is 675 g/mol. The lowest BCUT2D eigenvalue weighted by Gasteiger charge is -2.43. The van der Waals surface area contributed by atoms with Gasteiger partial charge in [-0.05, 0) is 54.3 Å². The van der Waals surface area contributed by atoms with Gasteiger partial charge in [0.1, 0.15) is 11.9 Å². The predicted molar refractivity (Wildman–Crippen MR) is 190 cm³/mol. The maximum atomic E-state index is 12.3. The monoisotopic (exact) mass is 674 g/mol. The van der Waals surface area contributed by atoms with Crippen molar-refractivity contribution in [2.75, 3.05) is 54.4 Å². The van der Waals surface area contributed by atoms with Gasteiger partial charge in [0.15, 0.2) is 5.82 Å². The van der Waals surface area contributed by atoms with Crippen molar-refractivity contribution in [1.82, 2.24) is 25.4 Å². The van der Waals surface area contributed by atoms with E-state index in [1.807, 2.05) is 42.6 Å². The van der Waals surface area contributed by atoms with Crippen LogP contribution in [0.5, 0.6) is 11.6 Å². The van der Waals surface area contributed by atoms with Gasteiger partial charge in [-0.3, -0.25) is 19.8 Å². The van der Waals surface area contributed by atoms with E-state index in [0.29, 0.717) is 36.5 Å². The Morgan fingerprint density at radius 1 is 1.00 bits per heavy atom. The zero-order valence-corrected chi connectivity index (χ0v) is 28.2. The summed E-state index contributed by atoms with van der Waals surface area (Å²) in [5, 5.41) is 25.3. The summed E-state index contributed by atoms with van der Waals surface area (Å²) in [4.78, 5) is 35.7. The standard InChI is InChI=1S/C38H42N8O4/c1-2-38-20-28(23-46(38)32-19-31(42-43-36(32)40-24-38)30-5-3-4-6-33(30)47)50-35-14-7-25(21-39-35)22-44-15-17-45(18-16-44)27-10-8-26(9-11-27)29-12-13-34(48)41-37(29)49/h3-11,14,19,21,28-29,47H,2,12-13,15-18,20,22-24H2,1H3,(H,40,43)(H,41,48,49)/t28-,29?,38+/m1/s1. The number of benzene rings is 2. The molecule has 0 radical (unpaired) electrons. The molecule has 4 aliphatic rings. The van der Waals surface area contributed by atoms with Crippen molar-refractivity contribution in [3.8, 4) is 22.9 Å². The zero-order valence-electron chi connectivity index (χ0n) is 28.2. The highest BCUT2D eigenvalue weighted by Gasteiger charge is 2.49. The van der Waals surface area contributed by atoms with Crippen LogP contribution in [-0.4, -0.2) is 87.9 Å². The summed E-state index contributed by atoms with van der Waals surface area (Å²) in [5.41, 5.74) is 5.43. The van der Waals surface area contributed by atoms with E-state index in [2.05, 4.69) is 60.7 Å². The maximum Gasteiger partial charge on any atom is 0.234 e. The van der Waals surface area contributed by atoms with E-state index in [9.17, 15) is 14.7 Å². The van der Waals surface area contributed by atoms with Crippen LogP contribution in [0.1, 0.15) is 49.7 Å². The molecule has 1 unspecified atom stereocenters. The number of imide groups is 1. The first-order valence-corrected chi connectivity index (χ1v) is 17.6. The fraction of sp³-hybridized carbons (Fsp3) is 0.395. The van der Waals surface area contributed by atoms with Crippen LogP contribution in [0.15, 0.2) is 72.9 Å². The topological polar surface area (TPSA) is 136 Å². The Hall–Kier alpha value is -5.23. The van der Waals surface area contributed by atoms with Gasteiger partial charge in [-0.1, -0.05) is 37.3 Å². The van der Waals surface area contributed by atoms with Crippen LogP contribution < -0.4 is 25.2 Å². The van der Waals surface area contributed by atoms with E-state index in [1.54, 1.807) is 12.1 Å². The second kappa shape index (κ2) is 13.2. The molecule has 4 aliphatic heterocycles. The number of carbonyl (C=O) groups excluding carboxylic acids is 2. The Labute approximate surface area is 291 Å². The molecule has 50 heavy (non-hydrogen) atoms. The normalized spacial score (nSPS) is 23.5. The fourth-order valence-electron chi connectivity index (χ4n) is 7.94. The van der Waals surface area contributed by atoms with Crippen molar-refractivity contribution < 1.29 is 19.4 Å². The Kier molecular flexibility index (Phi) is 8.47. The smallest absolute Gasteiger partial charge is 0.234 e. The third-order valence-electron chi connectivity index (χ3n) is 10.8. The molecule has 0 aliphatic carbocycles. The Morgan fingerprint density at radius 2 is 1.82 bits per heavy atom. The van der Waals surface area contributed by atoms with E-state index in [-0.39, 0.29) is 35.1 Å². The van der Waals surface area contributed by atoms with Crippen LogP contribution in [0, 0.1) is 0 Å². The molecule has 3 atom stereocenters. The molecule has 4 aromatic rings. The van der Waals surface area contributed by atoms with E-state index in [1.165, 1.54) is 0 Å². The highest BCUT2D eigenvalue weighted by atomic mass is 16.5. The van der Waals surface area contributed by atoms with Gasteiger partial charge in [0, 0.05) is 75.6 Å². The number of hydrogen-bond acceptors (Lipinski definition) is 11. The number of hydrogen-bond donors (Lipinski definition) is 3. The second-order valence-corrected chi connectivity index (χ2v) is 13.8. The highest BCUT2D eigenvalue weighted by molar-refractivity contribution is 6.01. The van der Waals surface area contributed by atoms with Crippen molar-refractivity contribution in [2.24, 2.45) is 0 Å². The van der Waals surface area contributed by atoms with E-state index >= 15 is 0 Å². The third-order valence-corrected chi connectivity index (χ3v) is 10.8. The number of phenols is 1. The molecule has 6 heterocycles. The molecule has 2 amide bonds. The highest BCUT2D eigenvalue weighted by Crippen LogP contribution is 2.45.